The Morgan fingerprint density at radius 1 is 0.400 bits per heavy atom. The van der Waals surface area contributed by atoms with Gasteiger partial charge in [0, 0.05) is 67.1 Å². The Hall–Kier alpha value is -4.83. The zero-order chi connectivity index (χ0) is 41.0. The van der Waals surface area contributed by atoms with Gasteiger partial charge in [0.15, 0.2) is 0 Å². The van der Waals surface area contributed by atoms with Crippen molar-refractivity contribution < 1.29 is 18.3 Å². The van der Waals surface area contributed by atoms with Crippen LogP contribution in [0.25, 0.3) is 0 Å². The van der Waals surface area contributed by atoms with E-state index in [1.165, 1.54) is 19.6 Å². The highest BCUT2D eigenvalue weighted by Crippen LogP contribution is 2.43. The Kier molecular flexibility index (Phi) is 17.2. The van der Waals surface area contributed by atoms with Crippen LogP contribution in [0.5, 0.6) is 23.0 Å². The molecule has 7 rings (SSSR count). The Balaban J connectivity index is 1.01. The standard InChI is InChI=1S/C49H47N2O4PS4/c1-50-38-22-26-42(27-23-38)53-56(54-43-28-24-39(25-29-43)51-40(34-57-46-14-6-2-7-15-46)35-58-47-16-8-3-9-17-47)55-44-32-30-41(31-33-44)52-45(36-59-48-18-10-4-11-19-48)37-60-49-20-12-5-13-21-49/h2-33,40,45,50-51H,34-37H2,1H3. The smallest absolute Gasteiger partial charge is 0.489 e. The van der Waals surface area contributed by atoms with Crippen LogP contribution in [0.4, 0.5) is 11.4 Å². The molecule has 0 amide bonds. The van der Waals surface area contributed by atoms with E-state index in [0.717, 1.165) is 40.1 Å². The van der Waals surface area contributed by atoms with Gasteiger partial charge in [0.05, 0.1) is 0 Å². The van der Waals surface area contributed by atoms with Gasteiger partial charge in [-0.25, -0.2) is 0 Å². The lowest BCUT2D eigenvalue weighted by Crippen LogP contribution is -2.25. The lowest BCUT2D eigenvalue weighted by atomic mass is 10.2. The molecule has 0 saturated carbocycles. The average Bonchev–Trinajstić information content (AvgIpc) is 3.31. The molecule has 0 fully saturated rings. The molecular weight excluding hydrogens is 840 g/mol. The summed E-state index contributed by atoms with van der Waals surface area (Å²) in [7, 11) is 0.0115. The SMILES string of the molecule is CNc1ccc(OP(Oc2ccc(NC(CSc3ccccc3)CSc3ccccc3)cc2)Oc2ccc(OC(CSc3ccccc3)CSc3ccccc3)cc2)cc1. The number of anilines is 2. The number of hydrogen-bond acceptors (Lipinski definition) is 10. The monoisotopic (exact) mass is 886 g/mol. The van der Waals surface area contributed by atoms with E-state index < -0.39 is 8.60 Å². The van der Waals surface area contributed by atoms with Crippen LogP contribution >= 0.6 is 55.6 Å². The predicted octanol–water partition coefficient (Wildman–Crippen LogP) is 14.2. The molecular formula is C49H47N2O4PS4. The molecule has 7 aromatic carbocycles. The molecule has 0 aliphatic rings. The van der Waals surface area contributed by atoms with Crippen molar-refractivity contribution >= 4 is 67.0 Å². The fraction of sp³-hybridized carbons (Fsp3) is 0.143. The molecule has 60 heavy (non-hydrogen) atoms. The highest BCUT2D eigenvalue weighted by atomic mass is 32.2. The number of benzene rings is 7. The third-order valence-electron chi connectivity index (χ3n) is 8.78. The molecule has 0 aromatic heterocycles. The van der Waals surface area contributed by atoms with Crippen LogP contribution in [0, 0.1) is 0 Å². The lowest BCUT2D eigenvalue weighted by molar-refractivity contribution is 0.251. The van der Waals surface area contributed by atoms with Crippen LogP contribution in [0.3, 0.4) is 0 Å². The summed E-state index contributed by atoms with van der Waals surface area (Å²) in [4.78, 5) is 4.96. The van der Waals surface area contributed by atoms with Gasteiger partial charge in [-0.05, 0) is 121 Å². The maximum Gasteiger partial charge on any atom is 0.530 e. The van der Waals surface area contributed by atoms with Gasteiger partial charge in [-0.3, -0.25) is 0 Å². The summed E-state index contributed by atoms with van der Waals surface area (Å²) in [6, 6.07) is 65.7. The number of nitrogens with one attached hydrogen (secondary N) is 2. The highest BCUT2D eigenvalue weighted by Gasteiger charge is 2.21. The van der Waals surface area contributed by atoms with Gasteiger partial charge < -0.3 is 28.9 Å². The second kappa shape index (κ2) is 23.8. The van der Waals surface area contributed by atoms with Crippen molar-refractivity contribution in [2.75, 3.05) is 40.7 Å². The summed E-state index contributed by atoms with van der Waals surface area (Å²) in [5.74, 6) is 6.14. The second-order valence-corrected chi connectivity index (χ2v) is 18.7. The molecule has 2 N–H and O–H groups in total. The van der Waals surface area contributed by atoms with E-state index in [0.29, 0.717) is 17.2 Å². The van der Waals surface area contributed by atoms with Gasteiger partial charge in [0.1, 0.15) is 29.1 Å². The van der Waals surface area contributed by atoms with Crippen LogP contribution in [-0.2, 0) is 0 Å². The molecule has 0 spiro atoms. The Bertz CT molecular complexity index is 2020. The quantitative estimate of drug-likeness (QED) is 0.0480. The van der Waals surface area contributed by atoms with Gasteiger partial charge in [-0.1, -0.05) is 72.8 Å². The molecule has 0 radical (unpaired) electrons. The van der Waals surface area contributed by atoms with Crippen molar-refractivity contribution in [3.63, 3.8) is 0 Å². The Morgan fingerprint density at radius 2 is 0.733 bits per heavy atom. The van der Waals surface area contributed by atoms with Crippen molar-refractivity contribution in [3.8, 4) is 23.0 Å². The Morgan fingerprint density at radius 3 is 1.12 bits per heavy atom. The topological polar surface area (TPSA) is 61.0 Å². The molecule has 1 unspecified atom stereocenters. The van der Waals surface area contributed by atoms with Crippen molar-refractivity contribution in [1.29, 1.82) is 0 Å². The number of thioether (sulfide) groups is 4. The van der Waals surface area contributed by atoms with Crippen LogP contribution in [0.2, 0.25) is 0 Å². The van der Waals surface area contributed by atoms with Crippen LogP contribution in [0.1, 0.15) is 0 Å². The largest absolute Gasteiger partial charge is 0.530 e. The first kappa shape index (κ1) is 43.3. The summed E-state index contributed by atoms with van der Waals surface area (Å²) in [5.41, 5.74) is 2.00. The zero-order valence-corrected chi connectivity index (χ0v) is 37.3. The maximum absolute atomic E-state index is 6.58. The summed E-state index contributed by atoms with van der Waals surface area (Å²) < 4.78 is 25.8. The summed E-state index contributed by atoms with van der Waals surface area (Å²) in [5, 5.41) is 6.92. The molecule has 0 aliphatic heterocycles. The third kappa shape index (κ3) is 14.7. The molecule has 0 saturated heterocycles. The number of ether oxygens (including phenoxy) is 1. The van der Waals surface area contributed by atoms with E-state index in [9.17, 15) is 0 Å². The lowest BCUT2D eigenvalue weighted by Gasteiger charge is -2.21. The van der Waals surface area contributed by atoms with Gasteiger partial charge >= 0.3 is 8.60 Å². The van der Waals surface area contributed by atoms with Gasteiger partial charge in [-0.15, -0.1) is 47.0 Å². The van der Waals surface area contributed by atoms with E-state index >= 15 is 0 Å². The molecule has 7 aromatic rings. The van der Waals surface area contributed by atoms with Gasteiger partial charge in [0.25, 0.3) is 0 Å². The minimum Gasteiger partial charge on any atom is -0.489 e. The van der Waals surface area contributed by atoms with Gasteiger partial charge in [-0.2, -0.15) is 0 Å². The van der Waals surface area contributed by atoms with Crippen molar-refractivity contribution in [2.45, 2.75) is 31.7 Å². The van der Waals surface area contributed by atoms with E-state index in [1.54, 1.807) is 23.5 Å². The minimum absolute atomic E-state index is 0.0190. The molecule has 11 heteroatoms. The fourth-order valence-corrected chi connectivity index (χ4v) is 10.7. The van der Waals surface area contributed by atoms with Crippen molar-refractivity contribution in [3.05, 3.63) is 194 Å². The Labute approximate surface area is 372 Å². The number of rotatable bonds is 23. The molecule has 306 valence electrons. The van der Waals surface area contributed by atoms with Gasteiger partial charge in [0.2, 0.25) is 0 Å². The molecule has 0 bridgehead atoms. The predicted molar refractivity (Wildman–Crippen MR) is 258 cm³/mol. The fourth-order valence-electron chi connectivity index (χ4n) is 5.70. The van der Waals surface area contributed by atoms with Crippen molar-refractivity contribution in [1.82, 2.24) is 0 Å². The maximum atomic E-state index is 6.58. The zero-order valence-electron chi connectivity index (χ0n) is 33.2. The van der Waals surface area contributed by atoms with E-state index in [2.05, 4.69) is 120 Å². The minimum atomic E-state index is -1.88. The molecule has 0 aliphatic carbocycles. The van der Waals surface area contributed by atoms with E-state index in [4.69, 9.17) is 18.3 Å². The third-order valence-corrected chi connectivity index (χ3v) is 14.5. The first-order chi connectivity index (χ1) is 29.6. The molecule has 0 heterocycles. The van der Waals surface area contributed by atoms with E-state index in [1.807, 2.05) is 116 Å². The highest BCUT2D eigenvalue weighted by molar-refractivity contribution is 8.00. The second-order valence-electron chi connectivity index (χ2n) is 13.3. The summed E-state index contributed by atoms with van der Waals surface area (Å²) >= 11 is 7.32. The molecule has 6 nitrogen and oxygen atoms in total. The summed E-state index contributed by atoms with van der Waals surface area (Å²) in [6.07, 6.45) is -0.0190. The van der Waals surface area contributed by atoms with Crippen LogP contribution in [-0.4, -0.2) is 42.2 Å². The number of hydrogen-bond donors (Lipinski definition) is 2. The first-order valence-electron chi connectivity index (χ1n) is 19.6. The van der Waals surface area contributed by atoms with Crippen molar-refractivity contribution in [2.24, 2.45) is 0 Å². The van der Waals surface area contributed by atoms with E-state index in [-0.39, 0.29) is 12.1 Å². The molecule has 1 atom stereocenters. The normalized spacial score (nSPS) is 11.5. The first-order valence-corrected chi connectivity index (χ1v) is 24.6. The van der Waals surface area contributed by atoms with Crippen LogP contribution < -0.4 is 28.9 Å². The summed E-state index contributed by atoms with van der Waals surface area (Å²) in [6.45, 7) is 0. The van der Waals surface area contributed by atoms with Crippen LogP contribution in [0.15, 0.2) is 214 Å². The average molecular weight is 887 g/mol.